The molecule has 1 aromatic rings. The van der Waals surface area contributed by atoms with Crippen molar-refractivity contribution in [3.63, 3.8) is 0 Å². The van der Waals surface area contributed by atoms with Crippen molar-refractivity contribution >= 4 is 0 Å². The Balaban J connectivity index is 1.97. The topological polar surface area (TPSA) is 32.5 Å². The van der Waals surface area contributed by atoms with Crippen molar-refractivity contribution in [3.05, 3.63) is 35.9 Å². The molecule has 1 aliphatic heterocycles. The molecule has 3 heteroatoms. The molecule has 2 N–H and O–H groups in total. The van der Waals surface area contributed by atoms with Crippen molar-refractivity contribution in [2.24, 2.45) is 5.73 Å². The minimum atomic E-state index is 0.586. The molecule has 1 aromatic carbocycles. The van der Waals surface area contributed by atoms with E-state index >= 15 is 0 Å². The van der Waals surface area contributed by atoms with Crippen LogP contribution in [-0.4, -0.2) is 48.1 Å². The van der Waals surface area contributed by atoms with Crippen LogP contribution in [0.25, 0.3) is 0 Å². The molecule has 0 aromatic heterocycles. The van der Waals surface area contributed by atoms with Crippen LogP contribution in [0.1, 0.15) is 25.8 Å². The summed E-state index contributed by atoms with van der Waals surface area (Å²) in [7, 11) is 0. The van der Waals surface area contributed by atoms with Crippen LogP contribution in [0, 0.1) is 0 Å². The molecule has 0 unspecified atom stereocenters. The van der Waals surface area contributed by atoms with Gasteiger partial charge >= 0.3 is 0 Å². The molecule has 1 heterocycles. The van der Waals surface area contributed by atoms with Gasteiger partial charge in [-0.05, 0) is 32.4 Å². The summed E-state index contributed by atoms with van der Waals surface area (Å²) in [5, 5.41) is 0. The number of likely N-dealkylation sites (tertiary alicyclic amines) is 1. The summed E-state index contributed by atoms with van der Waals surface area (Å²) >= 11 is 0. The van der Waals surface area contributed by atoms with Gasteiger partial charge in [-0.25, -0.2) is 0 Å². The number of benzene rings is 1. The molecular formula is C16H27N3. The summed E-state index contributed by atoms with van der Waals surface area (Å²) in [4.78, 5) is 5.12. The van der Waals surface area contributed by atoms with Crippen LogP contribution in [0.2, 0.25) is 0 Å². The fourth-order valence-electron chi connectivity index (χ4n) is 3.00. The average molecular weight is 261 g/mol. The van der Waals surface area contributed by atoms with Gasteiger partial charge in [-0.3, -0.25) is 4.90 Å². The molecule has 0 spiro atoms. The van der Waals surface area contributed by atoms with E-state index in [-0.39, 0.29) is 0 Å². The second-order valence-electron chi connectivity index (χ2n) is 5.78. The monoisotopic (exact) mass is 261 g/mol. The zero-order valence-corrected chi connectivity index (χ0v) is 12.3. The Bertz CT molecular complexity index is 364. The molecule has 0 radical (unpaired) electrons. The molecule has 3 nitrogen and oxygen atoms in total. The lowest BCUT2D eigenvalue weighted by atomic mass is 10.1. The molecule has 106 valence electrons. The Morgan fingerprint density at radius 1 is 1.32 bits per heavy atom. The number of rotatable bonds is 6. The molecule has 19 heavy (non-hydrogen) atoms. The molecule has 0 saturated carbocycles. The first kappa shape index (κ1) is 14.5. The number of nitrogens with zero attached hydrogens (tertiary/aromatic N) is 2. The molecule has 1 aliphatic rings. The highest BCUT2D eigenvalue weighted by Crippen LogP contribution is 2.20. The zero-order valence-electron chi connectivity index (χ0n) is 12.3. The third-order valence-corrected chi connectivity index (χ3v) is 4.03. The van der Waals surface area contributed by atoms with Gasteiger partial charge in [-0.1, -0.05) is 30.3 Å². The van der Waals surface area contributed by atoms with Crippen molar-refractivity contribution in [3.8, 4) is 0 Å². The van der Waals surface area contributed by atoms with E-state index in [4.69, 9.17) is 5.73 Å². The quantitative estimate of drug-likeness (QED) is 0.849. The highest BCUT2D eigenvalue weighted by molar-refractivity contribution is 5.14. The van der Waals surface area contributed by atoms with Gasteiger partial charge in [0.1, 0.15) is 0 Å². The Kier molecular flexibility index (Phi) is 5.37. The van der Waals surface area contributed by atoms with E-state index in [1.54, 1.807) is 0 Å². The summed E-state index contributed by atoms with van der Waals surface area (Å²) < 4.78 is 0. The first-order chi connectivity index (χ1) is 9.20. The standard InChI is InChI=1S/C16H27N3/c1-14(2)19(12-15-6-4-3-5-7-15)16-8-10-18(13-16)11-9-17/h3-7,14,16H,8-13,17H2,1-2H3/t16-/m1/s1. The van der Waals surface area contributed by atoms with Gasteiger partial charge in [0.2, 0.25) is 0 Å². The molecule has 0 aliphatic carbocycles. The SMILES string of the molecule is CC(C)N(Cc1ccccc1)[C@@H]1CCN(CCN)C1. The van der Waals surface area contributed by atoms with Gasteiger partial charge in [0.05, 0.1) is 0 Å². The zero-order chi connectivity index (χ0) is 13.7. The summed E-state index contributed by atoms with van der Waals surface area (Å²) in [5.74, 6) is 0. The van der Waals surface area contributed by atoms with Crippen molar-refractivity contribution < 1.29 is 0 Å². The minimum Gasteiger partial charge on any atom is -0.329 e. The van der Waals surface area contributed by atoms with Crippen molar-refractivity contribution in [2.75, 3.05) is 26.2 Å². The molecule has 0 amide bonds. The van der Waals surface area contributed by atoms with Gasteiger partial charge in [-0.15, -0.1) is 0 Å². The summed E-state index contributed by atoms with van der Waals surface area (Å²) in [6, 6.07) is 12.0. The Hall–Kier alpha value is -0.900. The average Bonchev–Trinajstić information content (AvgIpc) is 2.85. The maximum atomic E-state index is 5.66. The highest BCUT2D eigenvalue weighted by Gasteiger charge is 2.28. The van der Waals surface area contributed by atoms with Crippen molar-refractivity contribution in [1.82, 2.24) is 9.80 Å². The smallest absolute Gasteiger partial charge is 0.0241 e. The maximum Gasteiger partial charge on any atom is 0.0241 e. The first-order valence-corrected chi connectivity index (χ1v) is 7.42. The van der Waals surface area contributed by atoms with E-state index in [2.05, 4.69) is 54.0 Å². The Morgan fingerprint density at radius 2 is 2.05 bits per heavy atom. The molecule has 1 saturated heterocycles. The van der Waals surface area contributed by atoms with E-state index < -0.39 is 0 Å². The lowest BCUT2D eigenvalue weighted by Crippen LogP contribution is -2.42. The lowest BCUT2D eigenvalue weighted by Gasteiger charge is -2.32. The van der Waals surface area contributed by atoms with Crippen LogP contribution in [0.4, 0.5) is 0 Å². The molecule has 0 bridgehead atoms. The Labute approximate surface area is 117 Å². The second kappa shape index (κ2) is 7.04. The van der Waals surface area contributed by atoms with E-state index in [1.165, 1.54) is 25.1 Å². The van der Waals surface area contributed by atoms with Crippen LogP contribution < -0.4 is 5.73 Å². The van der Waals surface area contributed by atoms with Gasteiger partial charge in [0.25, 0.3) is 0 Å². The summed E-state index contributed by atoms with van der Waals surface area (Å²) in [6.45, 7) is 9.83. The van der Waals surface area contributed by atoms with Crippen molar-refractivity contribution in [2.45, 2.75) is 38.9 Å². The molecule has 1 atom stereocenters. The summed E-state index contributed by atoms with van der Waals surface area (Å²) in [5.41, 5.74) is 7.07. The predicted molar refractivity (Wildman–Crippen MR) is 81.0 cm³/mol. The van der Waals surface area contributed by atoms with Crippen LogP contribution in [0.5, 0.6) is 0 Å². The molecule has 1 fully saturated rings. The highest BCUT2D eigenvalue weighted by atomic mass is 15.3. The van der Waals surface area contributed by atoms with E-state index in [0.29, 0.717) is 12.1 Å². The predicted octanol–water partition coefficient (Wildman–Crippen LogP) is 1.93. The third-order valence-electron chi connectivity index (χ3n) is 4.03. The Morgan fingerprint density at radius 3 is 2.68 bits per heavy atom. The van der Waals surface area contributed by atoms with Crippen LogP contribution in [0.15, 0.2) is 30.3 Å². The van der Waals surface area contributed by atoms with Crippen LogP contribution >= 0.6 is 0 Å². The van der Waals surface area contributed by atoms with Crippen LogP contribution in [0.3, 0.4) is 0 Å². The normalized spacial score (nSPS) is 20.6. The van der Waals surface area contributed by atoms with E-state index in [1.807, 2.05) is 0 Å². The lowest BCUT2D eigenvalue weighted by molar-refractivity contribution is 0.144. The van der Waals surface area contributed by atoms with Gasteiger partial charge in [-0.2, -0.15) is 0 Å². The molecule has 2 rings (SSSR count). The van der Waals surface area contributed by atoms with E-state index in [9.17, 15) is 0 Å². The number of nitrogens with two attached hydrogens (primary N) is 1. The van der Waals surface area contributed by atoms with E-state index in [0.717, 1.165) is 19.6 Å². The molecular weight excluding hydrogens is 234 g/mol. The number of hydrogen-bond donors (Lipinski definition) is 1. The fraction of sp³-hybridized carbons (Fsp3) is 0.625. The first-order valence-electron chi connectivity index (χ1n) is 7.42. The minimum absolute atomic E-state index is 0.586. The number of hydrogen-bond acceptors (Lipinski definition) is 3. The third kappa shape index (κ3) is 4.03. The fourth-order valence-corrected chi connectivity index (χ4v) is 3.00. The second-order valence-corrected chi connectivity index (χ2v) is 5.78. The largest absolute Gasteiger partial charge is 0.329 e. The van der Waals surface area contributed by atoms with Crippen LogP contribution in [-0.2, 0) is 6.54 Å². The van der Waals surface area contributed by atoms with Gasteiger partial charge < -0.3 is 10.6 Å². The van der Waals surface area contributed by atoms with Gasteiger partial charge in [0, 0.05) is 38.3 Å². The van der Waals surface area contributed by atoms with Crippen molar-refractivity contribution in [1.29, 1.82) is 0 Å². The summed E-state index contributed by atoms with van der Waals surface area (Å²) in [6.07, 6.45) is 1.27. The van der Waals surface area contributed by atoms with Gasteiger partial charge in [0.15, 0.2) is 0 Å². The maximum absolute atomic E-state index is 5.66.